The Balaban J connectivity index is 2.05. The number of nitrogens with zero attached hydrogens (tertiary/aromatic N) is 4. The summed E-state index contributed by atoms with van der Waals surface area (Å²) in [5, 5.41) is 0. The minimum Gasteiger partial charge on any atom is -0.436 e. The molecule has 0 aliphatic heterocycles. The lowest BCUT2D eigenvalue weighted by Gasteiger charge is -2.22. The summed E-state index contributed by atoms with van der Waals surface area (Å²) in [7, 11) is 3.38. The minimum atomic E-state index is -0.994. The maximum Gasteiger partial charge on any atom is 0.253 e. The number of aromatic nitrogens is 2. The van der Waals surface area contributed by atoms with Crippen LogP contribution in [0.25, 0.3) is 0 Å². The highest BCUT2D eigenvalue weighted by Gasteiger charge is 2.11. The lowest BCUT2D eigenvalue weighted by molar-refractivity contribution is -0.130. The molecule has 0 bridgehead atoms. The van der Waals surface area contributed by atoms with Crippen molar-refractivity contribution in [2.24, 2.45) is 0 Å². The van der Waals surface area contributed by atoms with E-state index in [4.69, 9.17) is 4.74 Å². The topological polar surface area (TPSA) is 58.6 Å². The highest BCUT2D eigenvalue weighted by atomic mass is 32.1. The number of ether oxygens (including phenoxy) is 1. The third-order valence-corrected chi connectivity index (χ3v) is 4.29. The number of likely N-dealkylation sites (N-methyl/N-ethyl adjacent to an activating group) is 2. The normalized spacial score (nSPS) is 10.4. The third kappa shape index (κ3) is 5.06. The van der Waals surface area contributed by atoms with Gasteiger partial charge in [0.05, 0.1) is 12.4 Å². The van der Waals surface area contributed by atoms with Gasteiger partial charge >= 0.3 is 0 Å². The number of rotatable bonds is 7. The van der Waals surface area contributed by atoms with E-state index in [0.717, 1.165) is 10.5 Å². The maximum absolute atomic E-state index is 12.4. The molecule has 0 aliphatic carbocycles. The van der Waals surface area contributed by atoms with Crippen LogP contribution in [0.5, 0.6) is 11.6 Å². The van der Waals surface area contributed by atoms with Gasteiger partial charge in [-0.3, -0.25) is 9.78 Å². The monoisotopic (exact) mass is 364 g/mol. The Morgan fingerprint density at radius 3 is 2.76 bits per heavy atom. The number of alkyl halides is 1. The summed E-state index contributed by atoms with van der Waals surface area (Å²) in [4.78, 5) is 23.7. The van der Waals surface area contributed by atoms with Crippen LogP contribution in [-0.2, 0) is 4.79 Å². The molecule has 6 nitrogen and oxygen atoms in total. The van der Waals surface area contributed by atoms with Crippen molar-refractivity contribution in [1.29, 1.82) is 0 Å². The van der Waals surface area contributed by atoms with Gasteiger partial charge in [0.1, 0.15) is 5.75 Å². The number of thiol groups is 1. The molecular formula is C17H21FN4O2S. The van der Waals surface area contributed by atoms with E-state index in [0.29, 0.717) is 30.5 Å². The first-order valence-corrected chi connectivity index (χ1v) is 8.16. The van der Waals surface area contributed by atoms with E-state index in [1.54, 1.807) is 13.2 Å². The van der Waals surface area contributed by atoms with E-state index >= 15 is 0 Å². The minimum absolute atomic E-state index is 0.346. The molecule has 0 spiro atoms. The summed E-state index contributed by atoms with van der Waals surface area (Å²) in [6.45, 7) is 1.82. The number of aryl methyl sites for hydroxylation is 1. The Kier molecular flexibility index (Phi) is 6.58. The molecule has 1 aromatic heterocycles. The maximum atomic E-state index is 12.4. The van der Waals surface area contributed by atoms with E-state index < -0.39 is 12.6 Å². The highest BCUT2D eigenvalue weighted by Crippen LogP contribution is 2.29. The van der Waals surface area contributed by atoms with Gasteiger partial charge in [-0.1, -0.05) is 12.1 Å². The number of benzene rings is 1. The van der Waals surface area contributed by atoms with Gasteiger partial charge in [-0.25, -0.2) is 4.39 Å². The first kappa shape index (κ1) is 19.0. The molecule has 2 rings (SSSR count). The molecule has 1 heterocycles. The summed E-state index contributed by atoms with van der Waals surface area (Å²) in [5.41, 5.74) is 1.00. The predicted octanol–water partition coefficient (Wildman–Crippen LogP) is 2.73. The van der Waals surface area contributed by atoms with Crippen LogP contribution in [0.15, 0.2) is 35.5 Å². The number of carbonyl (C=O) groups excluding carboxylic acids is 1. The molecule has 0 aliphatic rings. The largest absolute Gasteiger partial charge is 0.436 e. The number of amides is 1. The zero-order chi connectivity index (χ0) is 18.4. The highest BCUT2D eigenvalue weighted by molar-refractivity contribution is 7.80. The van der Waals surface area contributed by atoms with Gasteiger partial charge in [0, 0.05) is 32.1 Å². The van der Waals surface area contributed by atoms with Crippen molar-refractivity contribution in [3.63, 3.8) is 0 Å². The molecule has 1 amide bonds. The van der Waals surface area contributed by atoms with Gasteiger partial charge < -0.3 is 14.5 Å². The molecular weight excluding hydrogens is 343 g/mol. The fraction of sp³-hybridized carbons (Fsp3) is 0.353. The van der Waals surface area contributed by atoms with Crippen molar-refractivity contribution in [2.45, 2.75) is 11.8 Å². The molecule has 2 aromatic rings. The van der Waals surface area contributed by atoms with Crippen molar-refractivity contribution < 1.29 is 13.9 Å². The second-order valence-corrected chi connectivity index (χ2v) is 6.06. The average Bonchev–Trinajstić information content (AvgIpc) is 2.62. The van der Waals surface area contributed by atoms with Crippen LogP contribution >= 0.6 is 12.6 Å². The second-order valence-electron chi connectivity index (χ2n) is 5.61. The molecule has 0 radical (unpaired) electrons. The number of hydrogen-bond donors (Lipinski definition) is 1. The van der Waals surface area contributed by atoms with Gasteiger partial charge in [0.25, 0.3) is 5.91 Å². The van der Waals surface area contributed by atoms with E-state index in [2.05, 4.69) is 22.6 Å². The van der Waals surface area contributed by atoms with E-state index in [1.807, 2.05) is 37.1 Å². The zero-order valence-electron chi connectivity index (χ0n) is 14.4. The smallest absolute Gasteiger partial charge is 0.253 e. The Morgan fingerprint density at radius 1 is 1.28 bits per heavy atom. The van der Waals surface area contributed by atoms with Crippen molar-refractivity contribution in [1.82, 2.24) is 14.9 Å². The third-order valence-electron chi connectivity index (χ3n) is 3.72. The molecule has 0 fully saturated rings. The fourth-order valence-corrected chi connectivity index (χ4v) is 2.23. The number of hydrogen-bond acceptors (Lipinski definition) is 6. The molecule has 1 aromatic carbocycles. The SMILES string of the molecule is Cc1cccc(Oc2cncc(N(C)CCN(C)C(=O)CF)n2)c1S. The summed E-state index contributed by atoms with van der Waals surface area (Å²) in [5.74, 6) is 0.994. The first-order chi connectivity index (χ1) is 11.9. The molecule has 0 saturated heterocycles. The van der Waals surface area contributed by atoms with E-state index in [-0.39, 0.29) is 0 Å². The molecule has 134 valence electrons. The van der Waals surface area contributed by atoms with Crippen LogP contribution in [0.4, 0.5) is 10.2 Å². The Morgan fingerprint density at radius 2 is 2.04 bits per heavy atom. The summed E-state index contributed by atoms with van der Waals surface area (Å²) < 4.78 is 18.1. The Hall–Kier alpha value is -2.35. The van der Waals surface area contributed by atoms with Gasteiger partial charge in [-0.15, -0.1) is 12.6 Å². The summed E-state index contributed by atoms with van der Waals surface area (Å²) in [6, 6.07) is 5.64. The first-order valence-electron chi connectivity index (χ1n) is 7.72. The van der Waals surface area contributed by atoms with Gasteiger partial charge in [-0.05, 0) is 18.6 Å². The fourth-order valence-electron chi connectivity index (χ4n) is 2.04. The van der Waals surface area contributed by atoms with E-state index in [9.17, 15) is 9.18 Å². The molecule has 0 N–H and O–H groups in total. The van der Waals surface area contributed by atoms with Gasteiger partial charge in [0.2, 0.25) is 5.88 Å². The quantitative estimate of drug-likeness (QED) is 0.766. The van der Waals surface area contributed by atoms with Crippen LogP contribution in [0.1, 0.15) is 5.56 Å². The summed E-state index contributed by atoms with van der Waals surface area (Å²) >= 11 is 4.44. The average molecular weight is 364 g/mol. The van der Waals surface area contributed by atoms with Crippen LogP contribution in [0.3, 0.4) is 0 Å². The van der Waals surface area contributed by atoms with Crippen molar-refractivity contribution in [2.75, 3.05) is 38.8 Å². The van der Waals surface area contributed by atoms with Crippen molar-refractivity contribution in [3.8, 4) is 11.6 Å². The van der Waals surface area contributed by atoms with Gasteiger partial charge in [-0.2, -0.15) is 4.98 Å². The molecule has 25 heavy (non-hydrogen) atoms. The Labute approximate surface area is 152 Å². The standard InChI is InChI=1S/C17H21FN4O2S/c1-12-5-4-6-13(17(12)25)24-15-11-19-10-14(20-15)21(2)7-8-22(3)16(23)9-18/h4-6,10-11,25H,7-9H2,1-3H3. The lowest BCUT2D eigenvalue weighted by Crippen LogP contribution is -2.35. The number of carbonyl (C=O) groups is 1. The van der Waals surface area contributed by atoms with Crippen LogP contribution < -0.4 is 9.64 Å². The molecule has 0 unspecified atom stereocenters. The molecule has 0 saturated carbocycles. The van der Waals surface area contributed by atoms with Crippen LogP contribution in [-0.4, -0.2) is 54.6 Å². The van der Waals surface area contributed by atoms with Crippen molar-refractivity contribution >= 4 is 24.4 Å². The second kappa shape index (κ2) is 8.66. The molecule has 0 atom stereocenters. The van der Waals surface area contributed by atoms with Crippen molar-refractivity contribution in [3.05, 3.63) is 36.2 Å². The number of halogens is 1. The predicted molar refractivity (Wildman–Crippen MR) is 97.4 cm³/mol. The summed E-state index contributed by atoms with van der Waals surface area (Å²) in [6.07, 6.45) is 3.12. The Bertz CT molecular complexity index is 744. The van der Waals surface area contributed by atoms with Crippen LogP contribution in [0, 0.1) is 6.92 Å². The zero-order valence-corrected chi connectivity index (χ0v) is 15.3. The van der Waals surface area contributed by atoms with Crippen LogP contribution in [0.2, 0.25) is 0 Å². The lowest BCUT2D eigenvalue weighted by atomic mass is 10.2. The van der Waals surface area contributed by atoms with E-state index in [1.165, 1.54) is 11.1 Å². The molecule has 8 heteroatoms. The van der Waals surface area contributed by atoms with Gasteiger partial charge in [0.15, 0.2) is 12.5 Å². The number of anilines is 1.